The minimum absolute atomic E-state index is 0. The van der Waals surface area contributed by atoms with Crippen LogP contribution in [0.2, 0.25) is 0 Å². The monoisotopic (exact) mass is 384 g/mol. The fourth-order valence-electron chi connectivity index (χ4n) is 3.45. The van der Waals surface area contributed by atoms with E-state index in [4.69, 9.17) is 10.5 Å². The molecule has 0 spiro atoms. The SMILES string of the molecule is Cl.NC(Cc1cncc(-c2ccc(F)cc2)c1)C1CCc2ccccc2O1. The summed E-state index contributed by atoms with van der Waals surface area (Å²) in [6.07, 6.45) is 6.22. The topological polar surface area (TPSA) is 48.1 Å². The number of aryl methyl sites for hydroxylation is 1. The Morgan fingerprint density at radius 1 is 1.07 bits per heavy atom. The Morgan fingerprint density at radius 2 is 1.85 bits per heavy atom. The molecule has 0 fully saturated rings. The first-order valence-electron chi connectivity index (χ1n) is 8.89. The molecule has 2 heterocycles. The molecule has 0 bridgehead atoms. The van der Waals surface area contributed by atoms with Gasteiger partial charge in [0.1, 0.15) is 17.7 Å². The lowest BCUT2D eigenvalue weighted by molar-refractivity contribution is 0.144. The molecule has 0 saturated carbocycles. The third kappa shape index (κ3) is 4.46. The predicted molar refractivity (Wildman–Crippen MR) is 108 cm³/mol. The molecule has 3 aromatic rings. The number of nitrogens with two attached hydrogens (primary N) is 1. The van der Waals surface area contributed by atoms with Crippen molar-refractivity contribution in [1.29, 1.82) is 0 Å². The molecule has 5 heteroatoms. The average Bonchev–Trinajstić information content (AvgIpc) is 2.68. The maximum Gasteiger partial charge on any atom is 0.123 e. The van der Waals surface area contributed by atoms with Crippen molar-refractivity contribution in [2.45, 2.75) is 31.4 Å². The van der Waals surface area contributed by atoms with Crippen molar-refractivity contribution in [3.8, 4) is 16.9 Å². The zero-order valence-corrected chi connectivity index (χ0v) is 15.7. The van der Waals surface area contributed by atoms with Crippen molar-refractivity contribution < 1.29 is 9.13 Å². The van der Waals surface area contributed by atoms with Gasteiger partial charge in [0.15, 0.2) is 0 Å². The van der Waals surface area contributed by atoms with E-state index < -0.39 is 0 Å². The lowest BCUT2D eigenvalue weighted by Crippen LogP contribution is -2.42. The molecule has 27 heavy (non-hydrogen) atoms. The zero-order valence-electron chi connectivity index (χ0n) is 14.8. The van der Waals surface area contributed by atoms with E-state index >= 15 is 0 Å². The van der Waals surface area contributed by atoms with Crippen LogP contribution in [0.3, 0.4) is 0 Å². The van der Waals surface area contributed by atoms with Gasteiger partial charge in [0.05, 0.1) is 0 Å². The van der Waals surface area contributed by atoms with Crippen LogP contribution in [0.1, 0.15) is 17.5 Å². The molecule has 2 unspecified atom stereocenters. The highest BCUT2D eigenvalue weighted by Crippen LogP contribution is 2.29. The van der Waals surface area contributed by atoms with Crippen molar-refractivity contribution in [2.24, 2.45) is 5.73 Å². The van der Waals surface area contributed by atoms with E-state index in [-0.39, 0.29) is 30.4 Å². The van der Waals surface area contributed by atoms with Crippen molar-refractivity contribution in [3.63, 3.8) is 0 Å². The number of nitrogens with zero attached hydrogens (tertiary/aromatic N) is 1. The van der Waals surface area contributed by atoms with Gasteiger partial charge in [-0.1, -0.05) is 30.3 Å². The van der Waals surface area contributed by atoms with Crippen LogP contribution in [0.5, 0.6) is 5.75 Å². The summed E-state index contributed by atoms with van der Waals surface area (Å²) in [4.78, 5) is 4.33. The summed E-state index contributed by atoms with van der Waals surface area (Å²) in [7, 11) is 0. The van der Waals surface area contributed by atoms with Crippen LogP contribution >= 0.6 is 12.4 Å². The summed E-state index contributed by atoms with van der Waals surface area (Å²) in [5.74, 6) is 0.701. The fraction of sp³-hybridized carbons (Fsp3) is 0.227. The van der Waals surface area contributed by atoms with Gasteiger partial charge in [-0.25, -0.2) is 4.39 Å². The van der Waals surface area contributed by atoms with E-state index in [1.54, 1.807) is 18.3 Å². The summed E-state index contributed by atoms with van der Waals surface area (Å²) < 4.78 is 19.2. The lowest BCUT2D eigenvalue weighted by atomic mass is 9.94. The highest BCUT2D eigenvalue weighted by atomic mass is 35.5. The van der Waals surface area contributed by atoms with E-state index in [2.05, 4.69) is 17.1 Å². The number of rotatable bonds is 4. The second kappa shape index (κ2) is 8.51. The quantitative estimate of drug-likeness (QED) is 0.716. The Morgan fingerprint density at radius 3 is 2.67 bits per heavy atom. The van der Waals surface area contributed by atoms with Crippen LogP contribution in [0.15, 0.2) is 67.0 Å². The average molecular weight is 385 g/mol. The first kappa shape index (κ1) is 19.3. The van der Waals surface area contributed by atoms with Crippen molar-refractivity contribution >= 4 is 12.4 Å². The van der Waals surface area contributed by atoms with Gasteiger partial charge in [-0.05, 0) is 60.2 Å². The number of fused-ring (bicyclic) bond motifs is 1. The van der Waals surface area contributed by atoms with Crippen LogP contribution in [-0.2, 0) is 12.8 Å². The molecular formula is C22H22ClFN2O. The number of pyridine rings is 1. The number of aromatic nitrogens is 1. The van der Waals surface area contributed by atoms with Gasteiger partial charge >= 0.3 is 0 Å². The Kier molecular flexibility index (Phi) is 6.09. The van der Waals surface area contributed by atoms with Gasteiger partial charge < -0.3 is 10.5 Å². The lowest BCUT2D eigenvalue weighted by Gasteiger charge is -2.30. The van der Waals surface area contributed by atoms with Gasteiger partial charge in [-0.3, -0.25) is 4.98 Å². The predicted octanol–water partition coefficient (Wildman–Crippen LogP) is 4.57. The first-order chi connectivity index (χ1) is 12.7. The fourth-order valence-corrected chi connectivity index (χ4v) is 3.45. The molecule has 0 radical (unpaired) electrons. The van der Waals surface area contributed by atoms with Gasteiger partial charge in [0.25, 0.3) is 0 Å². The summed E-state index contributed by atoms with van der Waals surface area (Å²) in [6, 6.07) is 16.5. The largest absolute Gasteiger partial charge is 0.489 e. The number of benzene rings is 2. The third-order valence-corrected chi connectivity index (χ3v) is 4.87. The molecule has 2 atom stereocenters. The molecule has 1 aliphatic rings. The minimum Gasteiger partial charge on any atom is -0.489 e. The molecule has 0 saturated heterocycles. The molecular weight excluding hydrogens is 363 g/mol. The van der Waals surface area contributed by atoms with Crippen molar-refractivity contribution in [2.75, 3.05) is 0 Å². The molecule has 3 nitrogen and oxygen atoms in total. The number of hydrogen-bond donors (Lipinski definition) is 1. The van der Waals surface area contributed by atoms with E-state index in [0.717, 1.165) is 35.3 Å². The summed E-state index contributed by atoms with van der Waals surface area (Å²) in [5, 5.41) is 0. The molecule has 1 aliphatic heterocycles. The molecule has 1 aromatic heterocycles. The van der Waals surface area contributed by atoms with Gasteiger partial charge in [-0.15, -0.1) is 12.4 Å². The van der Waals surface area contributed by atoms with Gasteiger partial charge in [0, 0.05) is 24.0 Å². The molecule has 2 aromatic carbocycles. The Bertz CT molecular complexity index is 901. The molecule has 140 valence electrons. The Balaban J connectivity index is 0.00000210. The first-order valence-corrected chi connectivity index (χ1v) is 8.89. The highest BCUT2D eigenvalue weighted by Gasteiger charge is 2.25. The zero-order chi connectivity index (χ0) is 17.9. The highest BCUT2D eigenvalue weighted by molar-refractivity contribution is 5.85. The second-order valence-electron chi connectivity index (χ2n) is 6.76. The van der Waals surface area contributed by atoms with Gasteiger partial charge in [0.2, 0.25) is 0 Å². The number of hydrogen-bond acceptors (Lipinski definition) is 3. The van der Waals surface area contributed by atoms with E-state index in [0.29, 0.717) is 6.42 Å². The molecule has 0 amide bonds. The maximum absolute atomic E-state index is 13.1. The third-order valence-electron chi connectivity index (χ3n) is 4.87. The summed E-state index contributed by atoms with van der Waals surface area (Å²) in [5.41, 5.74) is 10.7. The second-order valence-corrected chi connectivity index (χ2v) is 6.76. The van der Waals surface area contributed by atoms with Crippen LogP contribution in [0.25, 0.3) is 11.1 Å². The summed E-state index contributed by atoms with van der Waals surface area (Å²) in [6.45, 7) is 0. The van der Waals surface area contributed by atoms with E-state index in [1.165, 1.54) is 17.7 Å². The minimum atomic E-state index is -0.241. The number of para-hydroxylation sites is 1. The smallest absolute Gasteiger partial charge is 0.123 e. The molecule has 2 N–H and O–H groups in total. The molecule has 4 rings (SSSR count). The van der Waals surface area contributed by atoms with Gasteiger partial charge in [-0.2, -0.15) is 0 Å². The van der Waals surface area contributed by atoms with E-state index in [9.17, 15) is 4.39 Å². The maximum atomic E-state index is 13.1. The molecule has 0 aliphatic carbocycles. The number of halogens is 2. The summed E-state index contributed by atoms with van der Waals surface area (Å²) >= 11 is 0. The van der Waals surface area contributed by atoms with Crippen LogP contribution < -0.4 is 10.5 Å². The standard InChI is InChI=1S/C22H21FN2O.ClH/c23-19-8-5-16(6-9-19)18-11-15(13-25-14-18)12-20(24)22-10-7-17-3-1-2-4-21(17)26-22;/h1-6,8-9,11,13-14,20,22H,7,10,12,24H2;1H. The Hall–Kier alpha value is -2.43. The normalized spacial score (nSPS) is 16.6. The number of ether oxygens (including phenoxy) is 1. The van der Waals surface area contributed by atoms with Crippen molar-refractivity contribution in [3.05, 3.63) is 83.9 Å². The van der Waals surface area contributed by atoms with Crippen molar-refractivity contribution in [1.82, 2.24) is 4.98 Å². The van der Waals surface area contributed by atoms with Crippen LogP contribution in [0.4, 0.5) is 4.39 Å². The Labute approximate surface area is 164 Å². The van der Waals surface area contributed by atoms with Crippen LogP contribution in [0, 0.1) is 5.82 Å². The van der Waals surface area contributed by atoms with Crippen LogP contribution in [-0.4, -0.2) is 17.1 Å². The van der Waals surface area contributed by atoms with E-state index in [1.807, 2.05) is 24.4 Å².